The molecule has 1 fully saturated rings. The molecule has 0 spiro atoms. The molecule has 1 aliphatic rings. The van der Waals surface area contributed by atoms with E-state index in [4.69, 9.17) is 0 Å². The number of pyridine rings is 1. The Morgan fingerprint density at radius 3 is 2.58 bits per heavy atom. The van der Waals surface area contributed by atoms with Gasteiger partial charge in [-0.05, 0) is 43.2 Å². The molecule has 5 nitrogen and oxygen atoms in total. The van der Waals surface area contributed by atoms with Crippen molar-refractivity contribution in [3.63, 3.8) is 0 Å². The van der Waals surface area contributed by atoms with Crippen LogP contribution in [0.4, 0.5) is 21.8 Å². The van der Waals surface area contributed by atoms with Gasteiger partial charge in [-0.3, -0.25) is 4.98 Å². The largest absolute Gasteiger partial charge is 0.351 e. The summed E-state index contributed by atoms with van der Waals surface area (Å²) in [6.07, 6.45) is 5.72. The molecule has 0 bridgehead atoms. The van der Waals surface area contributed by atoms with E-state index < -0.39 is 0 Å². The minimum absolute atomic E-state index is 0.292. The summed E-state index contributed by atoms with van der Waals surface area (Å²) in [5.41, 5.74) is 2.38. The lowest BCUT2D eigenvalue weighted by Crippen LogP contribution is -2.07. The summed E-state index contributed by atoms with van der Waals surface area (Å²) < 4.78 is 13.4. The first-order chi connectivity index (χ1) is 11.8. The van der Waals surface area contributed by atoms with Crippen LogP contribution in [0.5, 0.6) is 0 Å². The molecular weight excluding hydrogens is 305 g/mol. The summed E-state index contributed by atoms with van der Waals surface area (Å²) in [5, 5.41) is 6.45. The molecule has 120 valence electrons. The van der Waals surface area contributed by atoms with E-state index in [0.717, 1.165) is 24.1 Å². The van der Waals surface area contributed by atoms with E-state index in [1.165, 1.54) is 12.1 Å². The molecule has 1 aliphatic carbocycles. The van der Waals surface area contributed by atoms with Crippen molar-refractivity contribution >= 4 is 17.5 Å². The normalized spacial score (nSPS) is 13.5. The van der Waals surface area contributed by atoms with Gasteiger partial charge in [0.15, 0.2) is 0 Å². The Bertz CT molecular complexity index is 849. The second kappa shape index (κ2) is 6.23. The van der Waals surface area contributed by atoms with Crippen LogP contribution < -0.4 is 10.6 Å². The Kier molecular flexibility index (Phi) is 3.78. The fourth-order valence-electron chi connectivity index (χ4n) is 2.37. The van der Waals surface area contributed by atoms with Gasteiger partial charge in [-0.1, -0.05) is 6.07 Å². The van der Waals surface area contributed by atoms with Crippen LogP contribution in [0.15, 0.2) is 54.9 Å². The number of nitrogens with zero attached hydrogens (tertiary/aromatic N) is 3. The Balaban J connectivity index is 1.69. The van der Waals surface area contributed by atoms with Crippen LogP contribution in [0.2, 0.25) is 0 Å². The molecule has 2 aromatic heterocycles. The van der Waals surface area contributed by atoms with E-state index in [1.54, 1.807) is 24.5 Å². The smallest absolute Gasteiger partial charge is 0.225 e. The van der Waals surface area contributed by atoms with Gasteiger partial charge in [0.25, 0.3) is 0 Å². The average molecular weight is 321 g/mol. The first-order valence-electron chi connectivity index (χ1n) is 7.85. The zero-order valence-electron chi connectivity index (χ0n) is 12.9. The highest BCUT2D eigenvalue weighted by molar-refractivity contribution is 5.67. The van der Waals surface area contributed by atoms with E-state index >= 15 is 0 Å². The number of rotatable bonds is 5. The second-order valence-corrected chi connectivity index (χ2v) is 5.75. The molecule has 6 heteroatoms. The van der Waals surface area contributed by atoms with Gasteiger partial charge in [0.2, 0.25) is 5.95 Å². The van der Waals surface area contributed by atoms with Crippen LogP contribution in [0.1, 0.15) is 12.8 Å². The fraction of sp³-hybridized carbons (Fsp3) is 0.167. The quantitative estimate of drug-likeness (QED) is 0.744. The van der Waals surface area contributed by atoms with E-state index in [9.17, 15) is 4.39 Å². The number of aromatic nitrogens is 3. The highest BCUT2D eigenvalue weighted by Gasteiger charge is 2.22. The molecule has 2 heterocycles. The average Bonchev–Trinajstić information content (AvgIpc) is 3.39. The Morgan fingerprint density at radius 1 is 1.00 bits per heavy atom. The van der Waals surface area contributed by atoms with Crippen LogP contribution in [-0.2, 0) is 0 Å². The molecule has 0 unspecified atom stereocenters. The van der Waals surface area contributed by atoms with Crippen LogP contribution in [0.25, 0.3) is 11.3 Å². The molecule has 3 aromatic rings. The van der Waals surface area contributed by atoms with Gasteiger partial charge in [-0.15, -0.1) is 0 Å². The van der Waals surface area contributed by atoms with E-state index in [0.29, 0.717) is 23.5 Å². The van der Waals surface area contributed by atoms with Crippen molar-refractivity contribution in [3.8, 4) is 11.3 Å². The van der Waals surface area contributed by atoms with Gasteiger partial charge in [0, 0.05) is 35.8 Å². The highest BCUT2D eigenvalue weighted by Crippen LogP contribution is 2.27. The van der Waals surface area contributed by atoms with E-state index in [1.807, 2.05) is 18.2 Å². The number of hydrogen-bond acceptors (Lipinski definition) is 5. The van der Waals surface area contributed by atoms with Crippen molar-refractivity contribution in [1.29, 1.82) is 0 Å². The summed E-state index contributed by atoms with van der Waals surface area (Å²) in [4.78, 5) is 13.1. The maximum Gasteiger partial charge on any atom is 0.225 e. The van der Waals surface area contributed by atoms with Crippen LogP contribution >= 0.6 is 0 Å². The molecule has 0 amide bonds. The van der Waals surface area contributed by atoms with Crippen molar-refractivity contribution in [1.82, 2.24) is 15.0 Å². The maximum absolute atomic E-state index is 13.4. The lowest BCUT2D eigenvalue weighted by Gasteiger charge is -2.11. The second-order valence-electron chi connectivity index (χ2n) is 5.75. The van der Waals surface area contributed by atoms with Gasteiger partial charge < -0.3 is 10.6 Å². The lowest BCUT2D eigenvalue weighted by molar-refractivity contribution is 0.628. The van der Waals surface area contributed by atoms with Crippen molar-refractivity contribution < 1.29 is 4.39 Å². The van der Waals surface area contributed by atoms with E-state index in [-0.39, 0.29) is 5.82 Å². The highest BCUT2D eigenvalue weighted by atomic mass is 19.1. The minimum atomic E-state index is -0.292. The Labute approximate surface area is 139 Å². The predicted octanol–water partition coefficient (Wildman–Crippen LogP) is 4.00. The summed E-state index contributed by atoms with van der Waals surface area (Å²) in [6, 6.07) is 12.4. The third-order valence-electron chi connectivity index (χ3n) is 3.71. The van der Waals surface area contributed by atoms with Gasteiger partial charge in [0.05, 0.1) is 5.69 Å². The third-order valence-corrected chi connectivity index (χ3v) is 3.71. The van der Waals surface area contributed by atoms with Crippen LogP contribution in [0.3, 0.4) is 0 Å². The maximum atomic E-state index is 13.4. The SMILES string of the molecule is Fc1cccc(Nc2cc(-c3ccncc3)nc(NC3CC3)n2)c1. The number of halogens is 1. The predicted molar refractivity (Wildman–Crippen MR) is 91.6 cm³/mol. The summed E-state index contributed by atoms with van der Waals surface area (Å²) in [5.74, 6) is 0.899. The molecule has 0 atom stereocenters. The standard InChI is InChI=1S/C18H16FN5/c19-13-2-1-3-15(10-13)21-17-11-16(12-6-8-20-9-7-12)23-18(24-17)22-14-4-5-14/h1-3,6-11,14H,4-5H2,(H2,21,22,23,24). The molecule has 4 rings (SSSR count). The van der Waals surface area contributed by atoms with Crippen molar-refractivity contribution in [2.75, 3.05) is 10.6 Å². The molecule has 1 saturated carbocycles. The summed E-state index contributed by atoms with van der Waals surface area (Å²) in [7, 11) is 0. The number of hydrogen-bond donors (Lipinski definition) is 2. The van der Waals surface area contributed by atoms with E-state index in [2.05, 4.69) is 25.6 Å². The topological polar surface area (TPSA) is 62.7 Å². The third kappa shape index (κ3) is 3.48. The molecule has 24 heavy (non-hydrogen) atoms. The first kappa shape index (κ1) is 14.6. The van der Waals surface area contributed by atoms with Crippen LogP contribution in [0, 0.1) is 5.82 Å². The van der Waals surface area contributed by atoms with Gasteiger partial charge in [-0.25, -0.2) is 9.37 Å². The monoisotopic (exact) mass is 321 g/mol. The molecule has 1 aromatic carbocycles. The first-order valence-corrected chi connectivity index (χ1v) is 7.85. The zero-order valence-corrected chi connectivity index (χ0v) is 12.9. The minimum Gasteiger partial charge on any atom is -0.351 e. The fourth-order valence-corrected chi connectivity index (χ4v) is 2.37. The number of nitrogens with one attached hydrogen (secondary N) is 2. The van der Waals surface area contributed by atoms with Gasteiger partial charge in [-0.2, -0.15) is 4.98 Å². The van der Waals surface area contributed by atoms with Gasteiger partial charge in [0.1, 0.15) is 11.6 Å². The summed E-state index contributed by atoms with van der Waals surface area (Å²) >= 11 is 0. The number of anilines is 3. The zero-order chi connectivity index (χ0) is 16.4. The Morgan fingerprint density at radius 2 is 1.83 bits per heavy atom. The summed E-state index contributed by atoms with van der Waals surface area (Å²) in [6.45, 7) is 0. The van der Waals surface area contributed by atoms with Gasteiger partial charge >= 0.3 is 0 Å². The molecule has 2 N–H and O–H groups in total. The number of benzene rings is 1. The Hall–Kier alpha value is -3.02. The van der Waals surface area contributed by atoms with Crippen LogP contribution in [-0.4, -0.2) is 21.0 Å². The molecule has 0 aliphatic heterocycles. The molecule has 0 saturated heterocycles. The lowest BCUT2D eigenvalue weighted by atomic mass is 10.2. The molecule has 0 radical (unpaired) electrons. The van der Waals surface area contributed by atoms with Crippen molar-refractivity contribution in [2.45, 2.75) is 18.9 Å². The van der Waals surface area contributed by atoms with Crippen molar-refractivity contribution in [3.05, 3.63) is 60.7 Å². The van der Waals surface area contributed by atoms with Crippen molar-refractivity contribution in [2.24, 2.45) is 0 Å². The molecular formula is C18H16FN5.